The van der Waals surface area contributed by atoms with Crippen molar-refractivity contribution in [3.63, 3.8) is 0 Å². The minimum Gasteiger partial charge on any atom is -0.494 e. The van der Waals surface area contributed by atoms with Gasteiger partial charge >= 0.3 is 11.8 Å². The third-order valence-corrected chi connectivity index (χ3v) is 2.89. The van der Waals surface area contributed by atoms with Crippen LogP contribution >= 0.6 is 0 Å². The van der Waals surface area contributed by atoms with Gasteiger partial charge in [-0.15, -0.1) is 6.58 Å². The minimum absolute atomic E-state index is 0.259. The summed E-state index contributed by atoms with van der Waals surface area (Å²) < 4.78 is 5.55. The van der Waals surface area contributed by atoms with E-state index >= 15 is 0 Å². The zero-order valence-corrected chi connectivity index (χ0v) is 12.7. The van der Waals surface area contributed by atoms with Crippen molar-refractivity contribution in [1.82, 2.24) is 10.6 Å². The average Bonchev–Trinajstić information content (AvgIpc) is 2.46. The number of nitrogens with one attached hydrogen (secondary N) is 2. The maximum atomic E-state index is 11.8. The Kier molecular flexibility index (Phi) is 6.46. The molecule has 0 aliphatic carbocycles. The SMILES string of the molecule is C=CCNC(=O)C(=O)NC(C)c1cc(C)ccc1OCC. The van der Waals surface area contributed by atoms with E-state index < -0.39 is 11.8 Å². The number of carbonyl (C=O) groups is 2. The van der Waals surface area contributed by atoms with Crippen LogP contribution in [0.2, 0.25) is 0 Å². The Hall–Kier alpha value is -2.30. The number of benzene rings is 1. The van der Waals surface area contributed by atoms with Gasteiger partial charge in [0.15, 0.2) is 0 Å². The van der Waals surface area contributed by atoms with Gasteiger partial charge in [0, 0.05) is 12.1 Å². The predicted molar refractivity (Wildman–Crippen MR) is 82.1 cm³/mol. The van der Waals surface area contributed by atoms with E-state index in [9.17, 15) is 9.59 Å². The van der Waals surface area contributed by atoms with E-state index in [1.165, 1.54) is 6.08 Å². The van der Waals surface area contributed by atoms with Crippen molar-refractivity contribution in [2.75, 3.05) is 13.2 Å². The number of hydrogen-bond donors (Lipinski definition) is 2. The second-order valence-electron chi connectivity index (χ2n) is 4.67. The Morgan fingerprint density at radius 2 is 2.10 bits per heavy atom. The van der Waals surface area contributed by atoms with Gasteiger partial charge in [0.2, 0.25) is 0 Å². The fourth-order valence-corrected chi connectivity index (χ4v) is 1.88. The Bertz CT molecular complexity index is 526. The Morgan fingerprint density at radius 1 is 1.38 bits per heavy atom. The topological polar surface area (TPSA) is 67.4 Å². The molecule has 1 atom stereocenters. The van der Waals surface area contributed by atoms with Crippen LogP contribution in [0.25, 0.3) is 0 Å². The van der Waals surface area contributed by atoms with Crippen LogP contribution in [0.1, 0.15) is 31.0 Å². The molecule has 0 saturated heterocycles. The summed E-state index contributed by atoms with van der Waals surface area (Å²) in [6.07, 6.45) is 1.52. The molecule has 0 fully saturated rings. The van der Waals surface area contributed by atoms with Gasteiger partial charge in [-0.2, -0.15) is 0 Å². The average molecular weight is 290 g/mol. The van der Waals surface area contributed by atoms with Crippen LogP contribution in [-0.4, -0.2) is 25.0 Å². The van der Waals surface area contributed by atoms with E-state index in [1.54, 1.807) is 0 Å². The zero-order valence-electron chi connectivity index (χ0n) is 12.7. The van der Waals surface area contributed by atoms with Crippen molar-refractivity contribution >= 4 is 11.8 Å². The van der Waals surface area contributed by atoms with Crippen LogP contribution < -0.4 is 15.4 Å². The summed E-state index contributed by atoms with van der Waals surface area (Å²) in [4.78, 5) is 23.3. The van der Waals surface area contributed by atoms with Gasteiger partial charge in [-0.25, -0.2) is 0 Å². The first-order valence-corrected chi connectivity index (χ1v) is 6.92. The van der Waals surface area contributed by atoms with Gasteiger partial charge < -0.3 is 15.4 Å². The number of amides is 2. The molecular formula is C16H22N2O3. The second kappa shape index (κ2) is 8.09. The number of rotatable bonds is 6. The Morgan fingerprint density at radius 3 is 2.71 bits per heavy atom. The summed E-state index contributed by atoms with van der Waals surface area (Å²) >= 11 is 0. The molecule has 1 rings (SSSR count). The smallest absolute Gasteiger partial charge is 0.309 e. The molecule has 5 nitrogen and oxygen atoms in total. The van der Waals surface area contributed by atoms with E-state index in [4.69, 9.17) is 4.74 Å². The lowest BCUT2D eigenvalue weighted by atomic mass is 10.0. The lowest BCUT2D eigenvalue weighted by molar-refractivity contribution is -0.139. The zero-order chi connectivity index (χ0) is 15.8. The first-order valence-electron chi connectivity index (χ1n) is 6.92. The van der Waals surface area contributed by atoms with Crippen LogP contribution in [0.3, 0.4) is 0 Å². The molecule has 0 aromatic heterocycles. The molecule has 21 heavy (non-hydrogen) atoms. The molecule has 0 radical (unpaired) electrons. The van der Waals surface area contributed by atoms with Gasteiger partial charge in [0.1, 0.15) is 5.75 Å². The molecule has 0 aliphatic heterocycles. The van der Waals surface area contributed by atoms with E-state index in [2.05, 4.69) is 17.2 Å². The quantitative estimate of drug-likeness (QED) is 0.621. The van der Waals surface area contributed by atoms with Gasteiger partial charge in [-0.3, -0.25) is 9.59 Å². The monoisotopic (exact) mass is 290 g/mol. The van der Waals surface area contributed by atoms with Crippen molar-refractivity contribution in [2.45, 2.75) is 26.8 Å². The highest BCUT2D eigenvalue weighted by Gasteiger charge is 2.18. The third kappa shape index (κ3) is 4.95. The number of ether oxygens (including phenoxy) is 1. The summed E-state index contributed by atoms with van der Waals surface area (Å²) in [5.74, 6) is -0.636. The maximum Gasteiger partial charge on any atom is 0.309 e. The Balaban J connectivity index is 2.81. The molecular weight excluding hydrogens is 268 g/mol. The predicted octanol–water partition coefficient (Wildman–Crippen LogP) is 1.87. The number of hydrogen-bond acceptors (Lipinski definition) is 3. The van der Waals surface area contributed by atoms with E-state index in [1.807, 2.05) is 39.0 Å². The normalized spacial score (nSPS) is 11.4. The standard InChI is InChI=1S/C16H22N2O3/c1-5-9-17-15(19)16(20)18-12(4)13-10-11(3)7-8-14(13)21-6-2/h5,7-8,10,12H,1,6,9H2,2-4H3,(H,17,19)(H,18,20). The van der Waals surface area contributed by atoms with Crippen LogP contribution in [0.15, 0.2) is 30.9 Å². The van der Waals surface area contributed by atoms with Crippen LogP contribution in [-0.2, 0) is 9.59 Å². The number of aryl methyl sites for hydroxylation is 1. The van der Waals surface area contributed by atoms with Crippen LogP contribution in [0.5, 0.6) is 5.75 Å². The molecule has 1 aromatic rings. The largest absolute Gasteiger partial charge is 0.494 e. The van der Waals surface area contributed by atoms with E-state index in [-0.39, 0.29) is 12.6 Å². The van der Waals surface area contributed by atoms with Crippen molar-refractivity contribution in [3.8, 4) is 5.75 Å². The van der Waals surface area contributed by atoms with Gasteiger partial charge in [-0.1, -0.05) is 23.8 Å². The second-order valence-corrected chi connectivity index (χ2v) is 4.67. The molecule has 1 aromatic carbocycles. The summed E-state index contributed by atoms with van der Waals surface area (Å²) in [5.41, 5.74) is 1.91. The number of carbonyl (C=O) groups excluding carboxylic acids is 2. The Labute approximate surface area is 125 Å². The van der Waals surface area contributed by atoms with Crippen molar-refractivity contribution in [1.29, 1.82) is 0 Å². The highest BCUT2D eigenvalue weighted by Crippen LogP contribution is 2.26. The lowest BCUT2D eigenvalue weighted by Gasteiger charge is -2.18. The molecule has 2 amide bonds. The first-order chi connectivity index (χ1) is 9.99. The molecule has 2 N–H and O–H groups in total. The minimum atomic E-state index is -0.674. The van der Waals surface area contributed by atoms with Crippen LogP contribution in [0, 0.1) is 6.92 Å². The fourth-order valence-electron chi connectivity index (χ4n) is 1.88. The molecule has 0 bridgehead atoms. The van der Waals surface area contributed by atoms with E-state index in [0.29, 0.717) is 12.4 Å². The highest BCUT2D eigenvalue weighted by atomic mass is 16.5. The summed E-state index contributed by atoms with van der Waals surface area (Å²) in [6, 6.07) is 5.43. The summed E-state index contributed by atoms with van der Waals surface area (Å²) in [5, 5.41) is 5.11. The lowest BCUT2D eigenvalue weighted by Crippen LogP contribution is -2.41. The molecule has 0 saturated carbocycles. The van der Waals surface area contributed by atoms with Crippen molar-refractivity contribution in [3.05, 3.63) is 42.0 Å². The third-order valence-electron chi connectivity index (χ3n) is 2.89. The van der Waals surface area contributed by atoms with Crippen LogP contribution in [0.4, 0.5) is 0 Å². The molecule has 0 spiro atoms. The molecule has 1 unspecified atom stereocenters. The fraction of sp³-hybridized carbons (Fsp3) is 0.375. The summed E-state index contributed by atoms with van der Waals surface area (Å²) in [6.45, 7) is 9.95. The maximum absolute atomic E-state index is 11.8. The molecule has 5 heteroatoms. The van der Waals surface area contributed by atoms with Crippen molar-refractivity contribution in [2.24, 2.45) is 0 Å². The highest BCUT2D eigenvalue weighted by molar-refractivity contribution is 6.35. The van der Waals surface area contributed by atoms with Gasteiger partial charge in [-0.05, 0) is 26.8 Å². The molecule has 114 valence electrons. The summed E-state index contributed by atoms with van der Waals surface area (Å²) in [7, 11) is 0. The van der Waals surface area contributed by atoms with Crippen molar-refractivity contribution < 1.29 is 14.3 Å². The molecule has 0 heterocycles. The van der Waals surface area contributed by atoms with Gasteiger partial charge in [0.25, 0.3) is 0 Å². The van der Waals surface area contributed by atoms with E-state index in [0.717, 1.165) is 11.1 Å². The van der Waals surface area contributed by atoms with Gasteiger partial charge in [0.05, 0.1) is 12.6 Å². The molecule has 0 aliphatic rings. The first kappa shape index (κ1) is 16.8.